The molecule has 2 nitrogen and oxygen atoms in total. The summed E-state index contributed by atoms with van der Waals surface area (Å²) in [5, 5.41) is 3.54. The van der Waals surface area contributed by atoms with Gasteiger partial charge in [-0.05, 0) is 30.4 Å². The Morgan fingerprint density at radius 3 is 2.33 bits per heavy atom. The first-order valence-electron chi connectivity index (χ1n) is 8.77. The van der Waals surface area contributed by atoms with E-state index in [1.54, 1.807) is 0 Å². The van der Waals surface area contributed by atoms with Gasteiger partial charge in [-0.3, -0.25) is 0 Å². The van der Waals surface area contributed by atoms with Gasteiger partial charge in [0.2, 0.25) is 0 Å². The van der Waals surface area contributed by atoms with E-state index in [1.165, 1.54) is 62.5 Å². The molecule has 0 spiro atoms. The molecule has 1 saturated carbocycles. The maximum absolute atomic E-state index is 5.76. The van der Waals surface area contributed by atoms with Crippen LogP contribution in [-0.4, -0.2) is 12.6 Å². The standard InChI is InChI=1S/C19H31NO/c1-2-3-4-5-6-7-14-21-16-18-10-8-17(9-11-18)15-20-19-12-13-19/h8-11,19-20H,2-7,12-16H2,1H3. The molecular formula is C19H31NO. The second-order valence-corrected chi connectivity index (χ2v) is 6.29. The van der Waals surface area contributed by atoms with E-state index in [2.05, 4.69) is 36.5 Å². The second-order valence-electron chi connectivity index (χ2n) is 6.29. The Morgan fingerprint density at radius 1 is 0.952 bits per heavy atom. The second kappa shape index (κ2) is 9.97. The summed E-state index contributed by atoms with van der Waals surface area (Å²) in [6.07, 6.45) is 10.7. The van der Waals surface area contributed by atoms with Crippen LogP contribution in [0.3, 0.4) is 0 Å². The number of rotatable bonds is 12. The van der Waals surface area contributed by atoms with Crippen LogP contribution in [-0.2, 0) is 17.9 Å². The van der Waals surface area contributed by atoms with Crippen LogP contribution in [0.5, 0.6) is 0 Å². The molecule has 2 heteroatoms. The minimum Gasteiger partial charge on any atom is -0.377 e. The number of hydrogen-bond acceptors (Lipinski definition) is 2. The highest BCUT2D eigenvalue weighted by atomic mass is 16.5. The topological polar surface area (TPSA) is 21.3 Å². The van der Waals surface area contributed by atoms with Gasteiger partial charge in [0, 0.05) is 19.2 Å². The summed E-state index contributed by atoms with van der Waals surface area (Å²) in [5.74, 6) is 0. The summed E-state index contributed by atoms with van der Waals surface area (Å²) < 4.78 is 5.76. The monoisotopic (exact) mass is 289 g/mol. The first-order valence-corrected chi connectivity index (χ1v) is 8.77. The summed E-state index contributed by atoms with van der Waals surface area (Å²) in [5.41, 5.74) is 2.66. The SMILES string of the molecule is CCCCCCCCOCc1ccc(CNC2CC2)cc1. The molecule has 1 aliphatic rings. The van der Waals surface area contributed by atoms with Gasteiger partial charge in [0.05, 0.1) is 6.61 Å². The van der Waals surface area contributed by atoms with Crippen molar-refractivity contribution < 1.29 is 4.74 Å². The summed E-state index contributed by atoms with van der Waals surface area (Å²) in [6, 6.07) is 9.62. The third-order valence-corrected chi connectivity index (χ3v) is 4.11. The molecule has 2 rings (SSSR count). The molecule has 21 heavy (non-hydrogen) atoms. The molecule has 0 atom stereocenters. The van der Waals surface area contributed by atoms with Crippen molar-refractivity contribution in [3.63, 3.8) is 0 Å². The van der Waals surface area contributed by atoms with Gasteiger partial charge in [-0.25, -0.2) is 0 Å². The summed E-state index contributed by atoms with van der Waals surface area (Å²) in [7, 11) is 0. The Hall–Kier alpha value is -0.860. The lowest BCUT2D eigenvalue weighted by Gasteiger charge is -2.07. The number of unbranched alkanes of at least 4 members (excludes halogenated alkanes) is 5. The molecule has 1 aromatic carbocycles. The van der Waals surface area contributed by atoms with Crippen molar-refractivity contribution in [2.24, 2.45) is 0 Å². The molecule has 1 aromatic rings. The van der Waals surface area contributed by atoms with E-state index in [-0.39, 0.29) is 0 Å². The highest BCUT2D eigenvalue weighted by Gasteiger charge is 2.19. The third kappa shape index (κ3) is 7.63. The van der Waals surface area contributed by atoms with Crippen molar-refractivity contribution in [2.75, 3.05) is 6.61 Å². The maximum Gasteiger partial charge on any atom is 0.0716 e. The van der Waals surface area contributed by atoms with Crippen LogP contribution in [0.1, 0.15) is 69.4 Å². The van der Waals surface area contributed by atoms with Crippen LogP contribution in [0.15, 0.2) is 24.3 Å². The molecule has 0 unspecified atom stereocenters. The van der Waals surface area contributed by atoms with Gasteiger partial charge < -0.3 is 10.1 Å². The number of benzene rings is 1. The smallest absolute Gasteiger partial charge is 0.0716 e. The molecule has 1 aliphatic carbocycles. The molecule has 1 N–H and O–H groups in total. The van der Waals surface area contributed by atoms with Crippen LogP contribution in [0.2, 0.25) is 0 Å². The molecule has 0 bridgehead atoms. The molecule has 0 saturated heterocycles. The Bertz CT molecular complexity index is 370. The molecule has 0 aliphatic heterocycles. The Labute approximate surface area is 130 Å². The Kier molecular flexibility index (Phi) is 7.83. The molecule has 0 heterocycles. The summed E-state index contributed by atoms with van der Waals surface area (Å²) in [6.45, 7) is 4.92. The largest absolute Gasteiger partial charge is 0.377 e. The lowest BCUT2D eigenvalue weighted by Crippen LogP contribution is -2.15. The highest BCUT2D eigenvalue weighted by Crippen LogP contribution is 2.19. The fourth-order valence-electron chi connectivity index (χ4n) is 2.48. The quantitative estimate of drug-likeness (QED) is 0.557. The van der Waals surface area contributed by atoms with Crippen LogP contribution in [0, 0.1) is 0 Å². The molecule has 1 fully saturated rings. The maximum atomic E-state index is 5.76. The van der Waals surface area contributed by atoms with Crippen LogP contribution >= 0.6 is 0 Å². The predicted octanol–water partition coefficient (Wildman–Crippen LogP) is 4.82. The van der Waals surface area contributed by atoms with Crippen molar-refractivity contribution >= 4 is 0 Å². The van der Waals surface area contributed by atoms with Gasteiger partial charge in [-0.15, -0.1) is 0 Å². The van der Waals surface area contributed by atoms with E-state index >= 15 is 0 Å². The van der Waals surface area contributed by atoms with Gasteiger partial charge in [-0.2, -0.15) is 0 Å². The van der Waals surface area contributed by atoms with E-state index in [1.807, 2.05) is 0 Å². The van der Waals surface area contributed by atoms with Crippen LogP contribution in [0.4, 0.5) is 0 Å². The van der Waals surface area contributed by atoms with Crippen molar-refractivity contribution in [1.29, 1.82) is 0 Å². The van der Waals surface area contributed by atoms with Gasteiger partial charge in [0.25, 0.3) is 0 Å². The molecule has 0 radical (unpaired) electrons. The Morgan fingerprint density at radius 2 is 1.62 bits per heavy atom. The lowest BCUT2D eigenvalue weighted by atomic mass is 10.1. The predicted molar refractivity (Wildman–Crippen MR) is 89.3 cm³/mol. The van der Waals surface area contributed by atoms with Crippen molar-refractivity contribution in [3.05, 3.63) is 35.4 Å². The van der Waals surface area contributed by atoms with Crippen molar-refractivity contribution in [3.8, 4) is 0 Å². The zero-order chi connectivity index (χ0) is 14.8. The van der Waals surface area contributed by atoms with Crippen LogP contribution < -0.4 is 5.32 Å². The van der Waals surface area contributed by atoms with Crippen LogP contribution in [0.25, 0.3) is 0 Å². The van der Waals surface area contributed by atoms with E-state index < -0.39 is 0 Å². The first kappa shape index (κ1) is 16.5. The number of ether oxygens (including phenoxy) is 1. The molecule has 118 valence electrons. The summed E-state index contributed by atoms with van der Waals surface area (Å²) in [4.78, 5) is 0. The third-order valence-electron chi connectivity index (χ3n) is 4.11. The first-order chi connectivity index (χ1) is 10.4. The lowest BCUT2D eigenvalue weighted by molar-refractivity contribution is 0.116. The molecule has 0 aromatic heterocycles. The molecule has 0 amide bonds. The normalized spacial score (nSPS) is 14.5. The average molecular weight is 289 g/mol. The fourth-order valence-corrected chi connectivity index (χ4v) is 2.48. The van der Waals surface area contributed by atoms with Gasteiger partial charge >= 0.3 is 0 Å². The highest BCUT2D eigenvalue weighted by molar-refractivity contribution is 5.22. The van der Waals surface area contributed by atoms with Gasteiger partial charge in [0.15, 0.2) is 0 Å². The van der Waals surface area contributed by atoms with E-state index in [9.17, 15) is 0 Å². The van der Waals surface area contributed by atoms with E-state index in [0.29, 0.717) is 0 Å². The minimum absolute atomic E-state index is 0.755. The molecular weight excluding hydrogens is 258 g/mol. The minimum atomic E-state index is 0.755. The van der Waals surface area contributed by atoms with Gasteiger partial charge in [0.1, 0.15) is 0 Å². The average Bonchev–Trinajstić information content (AvgIpc) is 3.33. The number of hydrogen-bond donors (Lipinski definition) is 1. The van der Waals surface area contributed by atoms with Crippen molar-refractivity contribution in [1.82, 2.24) is 5.32 Å². The fraction of sp³-hybridized carbons (Fsp3) is 0.684. The number of nitrogens with one attached hydrogen (secondary N) is 1. The zero-order valence-corrected chi connectivity index (χ0v) is 13.6. The Balaban J connectivity index is 1.49. The van der Waals surface area contributed by atoms with E-state index in [0.717, 1.165) is 25.8 Å². The summed E-state index contributed by atoms with van der Waals surface area (Å²) >= 11 is 0. The van der Waals surface area contributed by atoms with Crippen molar-refractivity contribution in [2.45, 2.75) is 77.5 Å². The van der Waals surface area contributed by atoms with E-state index in [4.69, 9.17) is 4.74 Å². The van der Waals surface area contributed by atoms with Gasteiger partial charge in [-0.1, -0.05) is 63.3 Å². The zero-order valence-electron chi connectivity index (χ0n) is 13.6.